The fourth-order valence-electron chi connectivity index (χ4n) is 27.6. The number of carbonyl (C=O) groups is 9. The highest BCUT2D eigenvalue weighted by molar-refractivity contribution is 8.00. The van der Waals surface area contributed by atoms with Crippen LogP contribution in [-0.4, -0.2) is 93.5 Å². The Morgan fingerprint density at radius 1 is 0.588 bits per heavy atom. The average Bonchev–Trinajstić information content (AvgIpc) is 1.64. The third kappa shape index (κ3) is 26.1. The van der Waals surface area contributed by atoms with E-state index < -0.39 is 46.8 Å². The molecule has 0 radical (unpaired) electrons. The lowest BCUT2D eigenvalue weighted by Gasteiger charge is -2.58. The van der Waals surface area contributed by atoms with Gasteiger partial charge in [-0.15, -0.1) is 0 Å². The van der Waals surface area contributed by atoms with Crippen LogP contribution >= 0.6 is 11.8 Å². The number of carbonyl (C=O) groups excluding carboxylic acids is 9. The molecule has 2 saturated heterocycles. The Kier molecular flexibility index (Phi) is 38.0. The molecule has 0 spiro atoms. The van der Waals surface area contributed by atoms with E-state index in [1.165, 1.54) is 205 Å². The van der Waals surface area contributed by atoms with E-state index in [-0.39, 0.29) is 101 Å². The number of allylic oxidation sites excluding steroid dienone is 6. The normalized spacial score (nSPS) is 30.6. The van der Waals surface area contributed by atoms with E-state index in [0.29, 0.717) is 90.2 Å². The number of carboxylic acid groups (broad SMARTS) is 1. The van der Waals surface area contributed by atoms with E-state index in [0.717, 1.165) is 159 Å². The zero-order chi connectivity index (χ0) is 93.7. The first-order valence-corrected chi connectivity index (χ1v) is 53.8. The second kappa shape index (κ2) is 48.3. The van der Waals surface area contributed by atoms with Gasteiger partial charge in [0, 0.05) is 122 Å². The smallest absolute Gasteiger partial charge is 0.315 e. The largest absolute Gasteiger partial charge is 0.545 e. The summed E-state index contributed by atoms with van der Waals surface area (Å²) < 4.78 is 34.9. The van der Waals surface area contributed by atoms with Gasteiger partial charge in [-0.05, 0) is 265 Å². The van der Waals surface area contributed by atoms with Crippen molar-refractivity contribution in [1.82, 2.24) is 21.3 Å². The number of ether oxygens (including phenoxy) is 1. The highest BCUT2D eigenvalue weighted by Gasteiger charge is 2.61. The van der Waals surface area contributed by atoms with E-state index in [9.17, 15) is 62.1 Å². The topological polar surface area (TPSA) is 254 Å². The van der Waals surface area contributed by atoms with Crippen molar-refractivity contribution in [2.24, 2.45) is 92.7 Å². The molecule has 0 aromatic heterocycles. The van der Waals surface area contributed by atoms with Crippen molar-refractivity contribution in [2.45, 2.75) is 420 Å². The summed E-state index contributed by atoms with van der Waals surface area (Å²) in [5, 5.41) is 35.0. The van der Waals surface area contributed by atoms with Gasteiger partial charge in [0.15, 0.2) is 23.2 Å². The van der Waals surface area contributed by atoms with Gasteiger partial charge in [-0.25, -0.2) is 13.6 Å². The summed E-state index contributed by atoms with van der Waals surface area (Å²) in [6, 6.07) is 6.76. The maximum Gasteiger partial charge on any atom is 0.315 e. The van der Waals surface area contributed by atoms with Gasteiger partial charge in [-0.3, -0.25) is 33.6 Å². The predicted octanol–water partition coefficient (Wildman–Crippen LogP) is 25.4. The maximum atomic E-state index is 14.6. The lowest BCUT2D eigenvalue weighted by Crippen LogP contribution is -2.52. The van der Waals surface area contributed by atoms with Crippen molar-refractivity contribution in [3.63, 3.8) is 0 Å². The lowest BCUT2D eigenvalue weighted by atomic mass is 9.47. The molecule has 3 heterocycles. The second-order valence-corrected chi connectivity index (χ2v) is 45.5. The fourth-order valence-corrected chi connectivity index (χ4v) is 29.2. The zero-order valence-corrected chi connectivity index (χ0v) is 82.7. The first-order valence-electron chi connectivity index (χ1n) is 52.8. The van der Waals surface area contributed by atoms with Crippen molar-refractivity contribution >= 4 is 64.5 Å². The highest BCUT2D eigenvalue weighted by Crippen LogP contribution is 2.69. The summed E-state index contributed by atoms with van der Waals surface area (Å²) in [7, 11) is 0. The van der Waals surface area contributed by atoms with Crippen LogP contribution in [0, 0.1) is 98.5 Å². The number of fused-ring (bicyclic) bond motifs is 13. The number of urea groups is 1. The highest BCUT2D eigenvalue weighted by atomic mass is 32.2. The molecule has 5 N–H and O–H groups in total. The van der Waals surface area contributed by atoms with Crippen LogP contribution < -0.4 is 31.1 Å². The van der Waals surface area contributed by atoms with Crippen LogP contribution in [0.5, 0.6) is 11.5 Å². The molecule has 3 aliphatic heterocycles. The molecule has 10 unspecified atom stereocenters. The SMILES string of the molecule is CC1CC[C@H]2[C@H]3CC=C4C[C@@H](CCCCCC(=O)CCCC(=O)CCCC(=O)c5ccc(C6c7cc(F)c(O)cc7OC7=CC(=O)C(F)=CC76)c(C(=O)[O-])c5)CCC4(C)C3CCC12C.CCC(=O)N[C@H]1CCC2(C)C(=CC[C@H]3C2CCC2(C)C([C@@H](C)CCCCCCCCCCCCCCC(C)C)CC[C@@H]32)C1.CCNC(=O)CCCCC(=O)CCCC[C@H]1SC[C@@H]2NC(=O)N[C@@H]21. The molecule has 0 bridgehead atoms. The van der Waals surface area contributed by atoms with Gasteiger partial charge in [0.25, 0.3) is 0 Å². The monoisotopic (exact) mass is 1830 g/mol. The van der Waals surface area contributed by atoms with Crippen LogP contribution in [0.2, 0.25) is 0 Å². The summed E-state index contributed by atoms with van der Waals surface area (Å²) in [6.45, 7) is 24.9. The fraction of sp³-hybridized carbons (Fsp3) is 0.741. The zero-order valence-electron chi connectivity index (χ0n) is 81.9. The van der Waals surface area contributed by atoms with Crippen LogP contribution in [0.3, 0.4) is 0 Å². The molecule has 20 atom stereocenters. The van der Waals surface area contributed by atoms with E-state index in [1.807, 2.05) is 25.6 Å². The van der Waals surface area contributed by atoms with Crippen molar-refractivity contribution < 1.29 is 66.9 Å². The van der Waals surface area contributed by atoms with Gasteiger partial charge in [0.1, 0.15) is 28.9 Å². The van der Waals surface area contributed by atoms with E-state index >= 15 is 0 Å². The van der Waals surface area contributed by atoms with Crippen LogP contribution in [0.4, 0.5) is 13.6 Å². The number of amides is 4. The average molecular weight is 1830 g/mol. The minimum absolute atomic E-state index is 0.0136. The number of nitrogens with one attached hydrogen (secondary N) is 4. The number of hydrogen-bond donors (Lipinski definition) is 5. The molecule has 2 aromatic rings. The third-order valence-electron chi connectivity index (χ3n) is 35.5. The number of phenols is 1. The van der Waals surface area contributed by atoms with E-state index in [4.69, 9.17) is 4.74 Å². The van der Waals surface area contributed by atoms with Gasteiger partial charge < -0.3 is 41.0 Å². The number of thioether (sulfide) groups is 1. The Labute approximate surface area is 789 Å². The molecular weight excluding hydrogens is 1660 g/mol. The molecule has 2 aromatic carbocycles. The van der Waals surface area contributed by atoms with Gasteiger partial charge in [-0.2, -0.15) is 11.8 Å². The van der Waals surface area contributed by atoms with Gasteiger partial charge >= 0.3 is 6.03 Å². The standard InChI is InChI=1S/C54H64F2O8.C41H73NO.C17H29N3O3S/c1-31-15-20-42-38-19-17-34-25-32(21-23-54(34,3)43(38)22-24-53(31,42)2)9-5-4-6-10-35(57)11-7-12-36(58)13-8-14-46(59)33-16-18-37(39(26-33)52(62)63)51-40-27-44(55)47(60)29-49(40)64-50-30-48(61)45(56)28-41(50)51;1-7-39(43)42-34-26-28-40(5)33(30-34)22-23-35-37-25-24-36(41(37,6)29-27-38(35)40)32(4)21-19-17-15-13-11-9-8-10-12-14-16-18-20-31(2)3;1-2-18-15(22)10-6-4-8-12(21)7-3-5-9-14-16-13(11-24-14)19-17(23)20-16/h16-18,26-32,38,40,42-43,51,61H,4-15,19-25H2,1-3H3,(H,62,63);22,31-32,34-38H,7-21,23-30H2,1-6H3,(H,42,43);13-14,16H,2-11H2,1H3,(H,18,22)(H2,19,20,23)/p-1/t31?,32-,38+,40?,42-,43?,51?,53?,54?;32-,34-,35+,36?,37-,38?,40?,41?;13-,14+,16-/m000/s1. The number of hydrogen-bond acceptors (Lipinski definition) is 13. The van der Waals surface area contributed by atoms with Crippen molar-refractivity contribution in [3.8, 4) is 11.5 Å². The number of unbranched alkanes of at least 4 members (excludes halogenated alkanes) is 15. The number of rotatable bonds is 46. The maximum absolute atomic E-state index is 14.6. The molecule has 16 nitrogen and oxygen atoms in total. The summed E-state index contributed by atoms with van der Waals surface area (Å²) in [6.07, 6.45) is 62.6. The Bertz CT molecular complexity index is 4400. The van der Waals surface area contributed by atoms with Crippen LogP contribution in [0.1, 0.15) is 428 Å². The number of benzene rings is 2. The number of ketones is 5. The predicted molar refractivity (Wildman–Crippen MR) is 519 cm³/mol. The molecule has 6 saturated carbocycles. The first kappa shape index (κ1) is 103. The van der Waals surface area contributed by atoms with Gasteiger partial charge in [0.05, 0.1) is 18.1 Å². The first-order chi connectivity index (χ1) is 62.8. The summed E-state index contributed by atoms with van der Waals surface area (Å²) in [5.74, 6) is 3.46. The molecule has 8 fully saturated rings. The number of halogens is 2. The summed E-state index contributed by atoms with van der Waals surface area (Å²) in [4.78, 5) is 110. The van der Waals surface area contributed by atoms with Crippen LogP contribution in [-0.2, 0) is 28.8 Å². The molecule has 131 heavy (non-hydrogen) atoms. The van der Waals surface area contributed by atoms with E-state index in [2.05, 4.69) is 88.8 Å². The molecular formula is C112H165F2N4O12S-. The minimum Gasteiger partial charge on any atom is -0.545 e. The molecule has 19 heteroatoms. The number of aromatic carboxylic acids is 1. The van der Waals surface area contributed by atoms with Gasteiger partial charge in [-0.1, -0.05) is 213 Å². The number of Topliss-reactive ketones (excluding diaryl/α,β-unsaturated/α-hetero) is 4. The molecule has 726 valence electrons. The second-order valence-electron chi connectivity index (χ2n) is 44.3. The quantitative estimate of drug-likeness (QED) is 0.0179. The Morgan fingerprint density at radius 2 is 1.15 bits per heavy atom. The molecule has 12 aliphatic rings. The van der Waals surface area contributed by atoms with Crippen molar-refractivity contribution in [2.75, 3.05) is 12.3 Å². The van der Waals surface area contributed by atoms with Crippen LogP contribution in [0.15, 0.2) is 77.4 Å². The van der Waals surface area contributed by atoms with Gasteiger partial charge in [0.2, 0.25) is 17.6 Å². The van der Waals surface area contributed by atoms with Crippen molar-refractivity contribution in [1.29, 1.82) is 0 Å². The lowest BCUT2D eigenvalue weighted by molar-refractivity contribution is -0.255. The van der Waals surface area contributed by atoms with Crippen LogP contribution in [0.25, 0.3) is 0 Å². The summed E-state index contributed by atoms with van der Waals surface area (Å²) in [5.41, 5.74) is 5.20. The summed E-state index contributed by atoms with van der Waals surface area (Å²) >= 11 is 1.92. The third-order valence-corrected chi connectivity index (χ3v) is 37.0. The Hall–Kier alpha value is -6.76. The number of aromatic hydroxyl groups is 1. The number of phenolic OH excluding ortho intramolecular Hbond substituents is 1. The Balaban J connectivity index is 0.000000198. The van der Waals surface area contributed by atoms with Crippen molar-refractivity contribution in [3.05, 3.63) is 105 Å². The Morgan fingerprint density at radius 3 is 1.79 bits per heavy atom. The number of carboxylic acids is 1. The molecule has 4 amide bonds. The molecule has 14 rings (SSSR count). The minimum atomic E-state index is -1.63. The van der Waals surface area contributed by atoms with E-state index in [1.54, 1.807) is 11.1 Å². The molecule has 9 aliphatic carbocycles.